The first kappa shape index (κ1) is 14.6. The van der Waals surface area contributed by atoms with Crippen LogP contribution in [-0.4, -0.2) is 22.5 Å². The first-order valence-corrected chi connectivity index (χ1v) is 6.06. The Morgan fingerprint density at radius 3 is 2.61 bits per heavy atom. The number of nitrogen functional groups attached to an aromatic ring is 1. The van der Waals surface area contributed by atoms with Crippen molar-refractivity contribution >= 4 is 29.0 Å². The quantitative estimate of drug-likeness (QED) is 0.785. The zero-order chi connectivity index (χ0) is 13.9. The van der Waals surface area contributed by atoms with E-state index in [9.17, 15) is 4.79 Å². The molecule has 0 fully saturated rings. The van der Waals surface area contributed by atoms with Gasteiger partial charge >= 0.3 is 0 Å². The highest BCUT2D eigenvalue weighted by Crippen LogP contribution is 2.20. The van der Waals surface area contributed by atoms with Crippen LogP contribution in [0.5, 0.6) is 0 Å². The minimum atomic E-state index is -0.430. The number of rotatable bonds is 3. The first-order valence-electron chi connectivity index (χ1n) is 5.68. The van der Waals surface area contributed by atoms with Crippen LogP contribution in [0.15, 0.2) is 12.3 Å². The van der Waals surface area contributed by atoms with Crippen molar-refractivity contribution in [1.29, 1.82) is 0 Å². The van der Waals surface area contributed by atoms with Crippen molar-refractivity contribution in [1.82, 2.24) is 10.3 Å². The predicted octanol–water partition coefficient (Wildman–Crippen LogP) is 2.03. The molecule has 0 aromatic carbocycles. The molecule has 0 spiro atoms. The lowest BCUT2D eigenvalue weighted by Crippen LogP contribution is -2.47. The van der Waals surface area contributed by atoms with Crippen molar-refractivity contribution in [3.05, 3.63) is 17.3 Å². The third-order valence-electron chi connectivity index (χ3n) is 2.13. The smallest absolute Gasteiger partial charge is 0.242 e. The molecule has 1 aromatic heterocycles. The number of hydrogen-bond acceptors (Lipinski definition) is 4. The third-order valence-corrected chi connectivity index (χ3v) is 2.34. The lowest BCUT2D eigenvalue weighted by atomic mass is 10.1. The fourth-order valence-corrected chi connectivity index (χ4v) is 1.49. The van der Waals surface area contributed by atoms with E-state index in [1.54, 1.807) is 13.0 Å². The number of anilines is 2. The zero-order valence-electron chi connectivity index (χ0n) is 11.0. The molecule has 4 N–H and O–H groups in total. The zero-order valence-corrected chi connectivity index (χ0v) is 11.8. The first-order chi connectivity index (χ1) is 8.19. The number of amides is 1. The van der Waals surface area contributed by atoms with Crippen molar-refractivity contribution < 1.29 is 4.79 Å². The van der Waals surface area contributed by atoms with E-state index in [1.807, 2.05) is 20.8 Å². The second-order valence-corrected chi connectivity index (χ2v) is 5.63. The van der Waals surface area contributed by atoms with Crippen LogP contribution in [0, 0.1) is 0 Å². The molecule has 0 aliphatic carbocycles. The molecule has 0 bridgehead atoms. The fourth-order valence-electron chi connectivity index (χ4n) is 1.32. The van der Waals surface area contributed by atoms with Crippen LogP contribution >= 0.6 is 11.6 Å². The maximum absolute atomic E-state index is 11.9. The summed E-state index contributed by atoms with van der Waals surface area (Å²) in [4.78, 5) is 15.9. The molecule has 6 heteroatoms. The average molecular weight is 271 g/mol. The summed E-state index contributed by atoms with van der Waals surface area (Å²) in [6, 6.07) is 1.16. The molecule has 0 saturated heterocycles. The fraction of sp³-hybridized carbons (Fsp3) is 0.500. The van der Waals surface area contributed by atoms with Crippen LogP contribution in [-0.2, 0) is 4.79 Å². The van der Waals surface area contributed by atoms with E-state index in [4.69, 9.17) is 17.3 Å². The maximum Gasteiger partial charge on any atom is 0.242 e. The molecule has 0 radical (unpaired) electrons. The Balaban J connectivity index is 2.69. The molecule has 5 nitrogen and oxygen atoms in total. The van der Waals surface area contributed by atoms with Crippen molar-refractivity contribution in [2.75, 3.05) is 11.1 Å². The van der Waals surface area contributed by atoms with Gasteiger partial charge in [0.05, 0.1) is 10.7 Å². The Bertz CT molecular complexity index is 442. The summed E-state index contributed by atoms with van der Waals surface area (Å²) in [6.07, 6.45) is 1.48. The van der Waals surface area contributed by atoms with Crippen LogP contribution in [0.4, 0.5) is 11.5 Å². The van der Waals surface area contributed by atoms with Crippen molar-refractivity contribution in [3.8, 4) is 0 Å². The standard InChI is InChI=1S/C12H19ClN4O/c1-7(11(18)17-12(2,3)4)16-10-9(14)5-8(13)6-15-10/h5-7H,14H2,1-4H3,(H,15,16)(H,17,18). The molecule has 1 atom stereocenters. The van der Waals surface area contributed by atoms with Crippen molar-refractivity contribution in [3.63, 3.8) is 0 Å². The van der Waals surface area contributed by atoms with Gasteiger partial charge in [0.1, 0.15) is 11.9 Å². The van der Waals surface area contributed by atoms with E-state index in [0.29, 0.717) is 16.5 Å². The van der Waals surface area contributed by atoms with Gasteiger partial charge < -0.3 is 16.4 Å². The summed E-state index contributed by atoms with van der Waals surface area (Å²) >= 11 is 5.75. The topological polar surface area (TPSA) is 80.0 Å². The van der Waals surface area contributed by atoms with Gasteiger partial charge in [-0.3, -0.25) is 4.79 Å². The Morgan fingerprint density at radius 1 is 1.50 bits per heavy atom. The van der Waals surface area contributed by atoms with Gasteiger partial charge in [-0.15, -0.1) is 0 Å². The molecule has 0 aliphatic heterocycles. The van der Waals surface area contributed by atoms with E-state index in [0.717, 1.165) is 0 Å². The van der Waals surface area contributed by atoms with Crippen LogP contribution in [0.3, 0.4) is 0 Å². The van der Waals surface area contributed by atoms with Crippen LogP contribution in [0.1, 0.15) is 27.7 Å². The van der Waals surface area contributed by atoms with Gasteiger partial charge in [-0.25, -0.2) is 4.98 Å². The molecule has 1 rings (SSSR count). The summed E-state index contributed by atoms with van der Waals surface area (Å²) in [5.41, 5.74) is 5.90. The van der Waals surface area contributed by atoms with E-state index in [-0.39, 0.29) is 11.4 Å². The summed E-state index contributed by atoms with van der Waals surface area (Å²) in [6.45, 7) is 7.52. The highest BCUT2D eigenvalue weighted by Gasteiger charge is 2.19. The van der Waals surface area contributed by atoms with Gasteiger partial charge in [-0.2, -0.15) is 0 Å². The van der Waals surface area contributed by atoms with E-state index >= 15 is 0 Å². The number of pyridine rings is 1. The number of halogens is 1. The van der Waals surface area contributed by atoms with E-state index in [2.05, 4.69) is 15.6 Å². The molecule has 18 heavy (non-hydrogen) atoms. The van der Waals surface area contributed by atoms with Gasteiger partial charge in [0.2, 0.25) is 5.91 Å². The number of nitrogens with two attached hydrogens (primary N) is 1. The molecule has 0 aliphatic rings. The molecule has 1 heterocycles. The number of aromatic nitrogens is 1. The van der Waals surface area contributed by atoms with Crippen LogP contribution in [0.2, 0.25) is 5.02 Å². The van der Waals surface area contributed by atoms with Gasteiger partial charge in [0.25, 0.3) is 0 Å². The van der Waals surface area contributed by atoms with Gasteiger partial charge in [-0.05, 0) is 33.8 Å². The summed E-state index contributed by atoms with van der Waals surface area (Å²) in [7, 11) is 0. The number of nitrogens with one attached hydrogen (secondary N) is 2. The largest absolute Gasteiger partial charge is 0.396 e. The highest BCUT2D eigenvalue weighted by molar-refractivity contribution is 6.30. The monoisotopic (exact) mass is 270 g/mol. The molecular weight excluding hydrogens is 252 g/mol. The minimum absolute atomic E-state index is 0.112. The van der Waals surface area contributed by atoms with E-state index < -0.39 is 6.04 Å². The number of hydrogen-bond donors (Lipinski definition) is 3. The second kappa shape index (κ2) is 5.44. The highest BCUT2D eigenvalue weighted by atomic mass is 35.5. The summed E-state index contributed by atoms with van der Waals surface area (Å²) < 4.78 is 0. The predicted molar refractivity (Wildman–Crippen MR) is 74.6 cm³/mol. The average Bonchev–Trinajstić information content (AvgIpc) is 2.19. The lowest BCUT2D eigenvalue weighted by molar-refractivity contribution is -0.122. The molecule has 100 valence electrons. The van der Waals surface area contributed by atoms with Gasteiger partial charge in [0, 0.05) is 11.7 Å². The van der Waals surface area contributed by atoms with Gasteiger partial charge in [-0.1, -0.05) is 11.6 Å². The molecule has 0 saturated carbocycles. The molecule has 1 aromatic rings. The number of carbonyl (C=O) groups excluding carboxylic acids is 1. The molecular formula is C12H19ClN4O. The third kappa shape index (κ3) is 4.41. The Kier molecular flexibility index (Phi) is 4.40. The maximum atomic E-state index is 11.9. The van der Waals surface area contributed by atoms with Crippen molar-refractivity contribution in [2.24, 2.45) is 0 Å². The normalized spacial score (nSPS) is 12.9. The number of nitrogens with zero attached hydrogens (tertiary/aromatic N) is 1. The van der Waals surface area contributed by atoms with E-state index in [1.165, 1.54) is 6.20 Å². The Labute approximate surface area is 112 Å². The van der Waals surface area contributed by atoms with Crippen LogP contribution < -0.4 is 16.4 Å². The second-order valence-electron chi connectivity index (χ2n) is 5.20. The summed E-state index contributed by atoms with van der Waals surface area (Å²) in [5.74, 6) is 0.342. The lowest BCUT2D eigenvalue weighted by Gasteiger charge is -2.24. The minimum Gasteiger partial charge on any atom is -0.396 e. The molecule has 1 unspecified atom stereocenters. The summed E-state index contributed by atoms with van der Waals surface area (Å²) in [5, 5.41) is 6.29. The number of carbonyl (C=O) groups is 1. The molecule has 1 amide bonds. The SMILES string of the molecule is CC(Nc1ncc(Cl)cc1N)C(=O)NC(C)(C)C. The van der Waals surface area contributed by atoms with Crippen LogP contribution in [0.25, 0.3) is 0 Å². The van der Waals surface area contributed by atoms with Gasteiger partial charge in [0.15, 0.2) is 0 Å². The Hall–Kier alpha value is -1.49. The Morgan fingerprint density at radius 2 is 2.11 bits per heavy atom. The van der Waals surface area contributed by atoms with Crippen molar-refractivity contribution in [2.45, 2.75) is 39.3 Å².